The van der Waals surface area contributed by atoms with Crippen LogP contribution in [0.5, 0.6) is 5.75 Å². The lowest BCUT2D eigenvalue weighted by Crippen LogP contribution is -2.40. The molecule has 3 aromatic carbocycles. The predicted molar refractivity (Wildman–Crippen MR) is 141 cm³/mol. The van der Waals surface area contributed by atoms with Crippen molar-refractivity contribution in [1.82, 2.24) is 14.5 Å². The summed E-state index contributed by atoms with van der Waals surface area (Å²) in [5, 5.41) is 0.370. The molecule has 7 nitrogen and oxygen atoms in total. The maximum atomic E-state index is 13.9. The molecule has 0 saturated heterocycles. The van der Waals surface area contributed by atoms with Gasteiger partial charge in [-0.1, -0.05) is 37.3 Å². The standard InChI is InChI=1S/C29H28F3N3O4/c1-4-23(34(16-17-38-2)27(36)19-10-9-11-20(18-19)29(30,31)32)26-33-22-13-6-5-12-21(22)28(37)35(26)24-14-7-8-15-25(24)39-3/h5-15,18,23H,4,16-17H2,1-3H3. The average molecular weight is 540 g/mol. The highest BCUT2D eigenvalue weighted by Crippen LogP contribution is 2.32. The average Bonchev–Trinajstić information content (AvgIpc) is 2.94. The van der Waals surface area contributed by atoms with Crippen LogP contribution in [0.2, 0.25) is 0 Å². The molecule has 1 unspecified atom stereocenters. The first-order valence-corrected chi connectivity index (χ1v) is 12.3. The molecule has 1 atom stereocenters. The van der Waals surface area contributed by atoms with E-state index >= 15 is 0 Å². The lowest BCUT2D eigenvalue weighted by atomic mass is 10.1. The van der Waals surface area contributed by atoms with Crippen molar-refractivity contribution in [3.63, 3.8) is 0 Å². The molecular weight excluding hydrogens is 511 g/mol. The van der Waals surface area contributed by atoms with Crippen molar-refractivity contribution in [2.45, 2.75) is 25.6 Å². The molecule has 0 aliphatic carbocycles. The summed E-state index contributed by atoms with van der Waals surface area (Å²) in [7, 11) is 2.95. The highest BCUT2D eigenvalue weighted by molar-refractivity contribution is 5.94. The van der Waals surface area contributed by atoms with Crippen LogP contribution < -0.4 is 10.3 Å². The fourth-order valence-corrected chi connectivity index (χ4v) is 4.55. The van der Waals surface area contributed by atoms with Crippen LogP contribution in [0.3, 0.4) is 0 Å². The van der Waals surface area contributed by atoms with E-state index in [0.717, 1.165) is 12.1 Å². The third kappa shape index (κ3) is 5.65. The first kappa shape index (κ1) is 27.8. The van der Waals surface area contributed by atoms with E-state index in [2.05, 4.69) is 0 Å². The second kappa shape index (κ2) is 11.7. The number of hydrogen-bond acceptors (Lipinski definition) is 5. The maximum absolute atomic E-state index is 13.9. The van der Waals surface area contributed by atoms with Crippen LogP contribution in [0.25, 0.3) is 16.6 Å². The summed E-state index contributed by atoms with van der Waals surface area (Å²) in [5.74, 6) is 0.0292. The van der Waals surface area contributed by atoms with Gasteiger partial charge in [0.05, 0.1) is 41.9 Å². The van der Waals surface area contributed by atoms with E-state index in [9.17, 15) is 22.8 Å². The Morgan fingerprint density at radius 1 is 1.03 bits per heavy atom. The van der Waals surface area contributed by atoms with Crippen LogP contribution in [0.4, 0.5) is 13.2 Å². The number of aromatic nitrogens is 2. The Kier molecular flexibility index (Phi) is 8.35. The molecule has 204 valence electrons. The zero-order valence-corrected chi connectivity index (χ0v) is 21.7. The van der Waals surface area contributed by atoms with Crippen LogP contribution in [0, 0.1) is 0 Å². The molecule has 0 aliphatic rings. The number of carbonyl (C=O) groups excluding carboxylic acids is 1. The third-order valence-corrected chi connectivity index (χ3v) is 6.42. The number of amides is 1. The van der Waals surface area contributed by atoms with E-state index in [1.165, 1.54) is 35.8 Å². The number of halogens is 3. The molecule has 39 heavy (non-hydrogen) atoms. The van der Waals surface area contributed by atoms with Crippen molar-refractivity contribution >= 4 is 16.8 Å². The van der Waals surface area contributed by atoms with E-state index in [-0.39, 0.29) is 30.1 Å². The number of alkyl halides is 3. The van der Waals surface area contributed by atoms with Gasteiger partial charge in [0.25, 0.3) is 11.5 Å². The van der Waals surface area contributed by atoms with Crippen LogP contribution >= 0.6 is 0 Å². The Morgan fingerprint density at radius 2 is 1.74 bits per heavy atom. The van der Waals surface area contributed by atoms with Gasteiger partial charge in [-0.25, -0.2) is 4.98 Å². The van der Waals surface area contributed by atoms with Gasteiger partial charge in [-0.3, -0.25) is 14.2 Å². The maximum Gasteiger partial charge on any atom is 0.416 e. The Morgan fingerprint density at radius 3 is 2.44 bits per heavy atom. The number of para-hydroxylation sites is 3. The first-order valence-electron chi connectivity index (χ1n) is 12.3. The summed E-state index contributed by atoms with van der Waals surface area (Å²) in [6.45, 7) is 1.99. The highest BCUT2D eigenvalue weighted by atomic mass is 19.4. The zero-order chi connectivity index (χ0) is 28.2. The van der Waals surface area contributed by atoms with E-state index in [0.29, 0.717) is 28.8 Å². The van der Waals surface area contributed by atoms with Gasteiger partial charge in [-0.15, -0.1) is 0 Å². The molecule has 1 heterocycles. The molecule has 0 spiro atoms. The van der Waals surface area contributed by atoms with Crippen LogP contribution in [-0.4, -0.2) is 47.7 Å². The highest BCUT2D eigenvalue weighted by Gasteiger charge is 2.33. The number of fused-ring (bicyclic) bond motifs is 1. The van der Waals surface area contributed by atoms with Crippen LogP contribution in [0.15, 0.2) is 77.6 Å². The summed E-state index contributed by atoms with van der Waals surface area (Å²) in [6.07, 6.45) is -4.30. The number of hydrogen-bond donors (Lipinski definition) is 0. The SMILES string of the molecule is CCC(c1nc2ccccc2c(=O)n1-c1ccccc1OC)N(CCOC)C(=O)c1cccc(C(F)(F)F)c1. The number of carbonyl (C=O) groups is 1. The molecule has 0 N–H and O–H groups in total. The molecule has 1 aromatic heterocycles. The molecule has 0 fully saturated rings. The van der Waals surface area contributed by atoms with Gasteiger partial charge < -0.3 is 14.4 Å². The number of nitrogens with zero attached hydrogens (tertiary/aromatic N) is 3. The normalized spacial score (nSPS) is 12.4. The first-order chi connectivity index (χ1) is 18.7. The topological polar surface area (TPSA) is 73.7 Å². The Labute approximate surface area is 223 Å². The van der Waals surface area contributed by atoms with Crippen LogP contribution in [0.1, 0.15) is 41.1 Å². The minimum Gasteiger partial charge on any atom is -0.495 e. The van der Waals surface area contributed by atoms with Gasteiger partial charge >= 0.3 is 6.18 Å². The van der Waals surface area contributed by atoms with Gasteiger partial charge in [0, 0.05) is 19.2 Å². The Balaban J connectivity index is 1.95. The smallest absolute Gasteiger partial charge is 0.416 e. The molecule has 10 heteroatoms. The van der Waals surface area contributed by atoms with Crippen molar-refractivity contribution < 1.29 is 27.4 Å². The van der Waals surface area contributed by atoms with E-state index in [1.807, 2.05) is 6.92 Å². The lowest BCUT2D eigenvalue weighted by Gasteiger charge is -2.32. The molecule has 0 bridgehead atoms. The predicted octanol–water partition coefficient (Wildman–Crippen LogP) is 5.65. The fourth-order valence-electron chi connectivity index (χ4n) is 4.55. The molecule has 4 rings (SSSR count). The number of rotatable bonds is 9. The van der Waals surface area contributed by atoms with E-state index in [4.69, 9.17) is 14.5 Å². The van der Waals surface area contributed by atoms with Gasteiger partial charge in [-0.05, 0) is 48.9 Å². The van der Waals surface area contributed by atoms with Crippen molar-refractivity contribution in [2.75, 3.05) is 27.4 Å². The summed E-state index contributed by atoms with van der Waals surface area (Å²) in [4.78, 5) is 33.9. The molecule has 1 amide bonds. The Hall–Kier alpha value is -4.18. The van der Waals surface area contributed by atoms with E-state index < -0.39 is 23.7 Å². The van der Waals surface area contributed by atoms with Crippen molar-refractivity contribution in [3.05, 3.63) is 100 Å². The zero-order valence-electron chi connectivity index (χ0n) is 21.7. The number of ether oxygens (including phenoxy) is 2. The summed E-state index contributed by atoms with van der Waals surface area (Å²) >= 11 is 0. The van der Waals surface area contributed by atoms with Crippen molar-refractivity contribution in [2.24, 2.45) is 0 Å². The van der Waals surface area contributed by atoms with Gasteiger partial charge in [-0.2, -0.15) is 13.2 Å². The lowest BCUT2D eigenvalue weighted by molar-refractivity contribution is -0.137. The molecule has 0 saturated carbocycles. The summed E-state index contributed by atoms with van der Waals surface area (Å²) < 4.78 is 52.4. The number of benzene rings is 3. The second-order valence-corrected chi connectivity index (χ2v) is 8.79. The summed E-state index contributed by atoms with van der Waals surface area (Å²) in [5.41, 5.74) is -0.568. The minimum atomic E-state index is -4.61. The minimum absolute atomic E-state index is 0.0543. The van der Waals surface area contributed by atoms with E-state index in [1.54, 1.807) is 48.5 Å². The summed E-state index contributed by atoms with van der Waals surface area (Å²) in [6, 6.07) is 17.3. The van der Waals surface area contributed by atoms with Crippen molar-refractivity contribution in [3.8, 4) is 11.4 Å². The largest absolute Gasteiger partial charge is 0.495 e. The number of methoxy groups -OCH3 is 2. The monoisotopic (exact) mass is 539 g/mol. The van der Waals surface area contributed by atoms with Gasteiger partial charge in [0.2, 0.25) is 0 Å². The third-order valence-electron chi connectivity index (χ3n) is 6.42. The van der Waals surface area contributed by atoms with Crippen LogP contribution in [-0.2, 0) is 10.9 Å². The van der Waals surface area contributed by atoms with Gasteiger partial charge in [0.1, 0.15) is 11.6 Å². The quantitative estimate of drug-likeness (QED) is 0.275. The van der Waals surface area contributed by atoms with Crippen molar-refractivity contribution in [1.29, 1.82) is 0 Å². The Bertz CT molecular complexity index is 1530. The molecule has 4 aromatic rings. The molecule has 0 aliphatic heterocycles. The molecule has 0 radical (unpaired) electrons. The van der Waals surface area contributed by atoms with Gasteiger partial charge in [0.15, 0.2) is 0 Å². The molecular formula is C29H28F3N3O4. The second-order valence-electron chi connectivity index (χ2n) is 8.79. The fraction of sp³-hybridized carbons (Fsp3) is 0.276.